The van der Waals surface area contributed by atoms with E-state index in [0.717, 1.165) is 24.2 Å². The topological polar surface area (TPSA) is 72.5 Å². The number of nitrogens with two attached hydrogens (primary N) is 1. The van der Waals surface area contributed by atoms with E-state index in [-0.39, 0.29) is 6.42 Å². The van der Waals surface area contributed by atoms with Crippen LogP contribution in [0, 0.1) is 0 Å². The normalized spacial score (nSPS) is 16.3. The predicted molar refractivity (Wildman–Crippen MR) is 73.4 cm³/mol. The lowest BCUT2D eigenvalue weighted by Gasteiger charge is -2.18. The van der Waals surface area contributed by atoms with Gasteiger partial charge in [-0.05, 0) is 42.9 Å². The van der Waals surface area contributed by atoms with Crippen LogP contribution in [0.3, 0.4) is 0 Å². The van der Waals surface area contributed by atoms with Crippen molar-refractivity contribution in [2.75, 3.05) is 7.11 Å². The monoisotopic (exact) mass is 263 g/mol. The lowest BCUT2D eigenvalue weighted by Crippen LogP contribution is -2.16. The SMILES string of the molecule is COc1cc2c(cc1C(N)CC(=O)O)CCCCC2. The second-order valence-corrected chi connectivity index (χ2v) is 5.13. The minimum absolute atomic E-state index is 0.0743. The van der Waals surface area contributed by atoms with Gasteiger partial charge in [0.15, 0.2) is 0 Å². The Morgan fingerprint density at radius 2 is 1.95 bits per heavy atom. The molecule has 2 rings (SSSR count). The maximum atomic E-state index is 10.8. The van der Waals surface area contributed by atoms with E-state index in [1.165, 1.54) is 30.4 Å². The van der Waals surface area contributed by atoms with Crippen LogP contribution in [-0.2, 0) is 17.6 Å². The molecule has 0 radical (unpaired) electrons. The molecule has 0 heterocycles. The molecular formula is C15H21NO3. The molecule has 0 fully saturated rings. The Morgan fingerprint density at radius 1 is 1.32 bits per heavy atom. The lowest BCUT2D eigenvalue weighted by atomic mass is 9.94. The van der Waals surface area contributed by atoms with Crippen LogP contribution >= 0.6 is 0 Å². The van der Waals surface area contributed by atoms with Crippen molar-refractivity contribution in [1.29, 1.82) is 0 Å². The summed E-state index contributed by atoms with van der Waals surface area (Å²) in [6, 6.07) is 3.58. The van der Waals surface area contributed by atoms with Crippen molar-refractivity contribution >= 4 is 5.97 Å². The van der Waals surface area contributed by atoms with Crippen LogP contribution in [0.25, 0.3) is 0 Å². The highest BCUT2D eigenvalue weighted by Crippen LogP contribution is 2.32. The van der Waals surface area contributed by atoms with E-state index in [1.807, 2.05) is 12.1 Å². The molecule has 104 valence electrons. The summed E-state index contributed by atoms with van der Waals surface area (Å²) >= 11 is 0. The molecule has 0 bridgehead atoms. The van der Waals surface area contributed by atoms with Crippen LogP contribution in [0.15, 0.2) is 12.1 Å². The summed E-state index contributed by atoms with van der Waals surface area (Å²) in [4.78, 5) is 10.8. The molecule has 19 heavy (non-hydrogen) atoms. The summed E-state index contributed by atoms with van der Waals surface area (Å²) in [6.45, 7) is 0. The van der Waals surface area contributed by atoms with Crippen molar-refractivity contribution < 1.29 is 14.6 Å². The number of hydrogen-bond donors (Lipinski definition) is 2. The zero-order chi connectivity index (χ0) is 13.8. The third kappa shape index (κ3) is 3.26. The molecule has 4 nitrogen and oxygen atoms in total. The maximum Gasteiger partial charge on any atom is 0.305 e. The molecule has 0 aromatic heterocycles. The summed E-state index contributed by atoms with van der Waals surface area (Å²) in [5.74, 6) is -0.168. The molecule has 1 atom stereocenters. The van der Waals surface area contributed by atoms with Crippen molar-refractivity contribution in [3.63, 3.8) is 0 Å². The van der Waals surface area contributed by atoms with Gasteiger partial charge in [0.1, 0.15) is 5.75 Å². The Kier molecular flexibility index (Phi) is 4.43. The van der Waals surface area contributed by atoms with Crippen LogP contribution in [0.5, 0.6) is 5.75 Å². The van der Waals surface area contributed by atoms with Gasteiger partial charge in [-0.3, -0.25) is 4.79 Å². The molecule has 0 spiro atoms. The molecule has 1 unspecified atom stereocenters. The third-order valence-electron chi connectivity index (χ3n) is 3.74. The second-order valence-electron chi connectivity index (χ2n) is 5.13. The second kappa shape index (κ2) is 6.06. The van der Waals surface area contributed by atoms with Gasteiger partial charge in [0.05, 0.1) is 13.5 Å². The molecule has 4 heteroatoms. The molecule has 1 aromatic carbocycles. The molecule has 3 N–H and O–H groups in total. The zero-order valence-electron chi connectivity index (χ0n) is 11.3. The van der Waals surface area contributed by atoms with Gasteiger partial charge in [0.2, 0.25) is 0 Å². The number of carbonyl (C=O) groups is 1. The maximum absolute atomic E-state index is 10.8. The van der Waals surface area contributed by atoms with Crippen molar-refractivity contribution in [2.45, 2.75) is 44.6 Å². The van der Waals surface area contributed by atoms with Gasteiger partial charge < -0.3 is 15.6 Å². The molecule has 0 saturated heterocycles. The Balaban J connectivity index is 2.36. The Bertz CT molecular complexity index is 471. The standard InChI is InChI=1S/C15H21NO3/c1-19-14-8-11-6-4-2-3-5-10(11)7-12(14)13(16)9-15(17)18/h7-8,13H,2-6,9,16H2,1H3,(H,17,18). The van der Waals surface area contributed by atoms with Gasteiger partial charge in [0.25, 0.3) is 0 Å². The first-order valence-corrected chi connectivity index (χ1v) is 6.79. The van der Waals surface area contributed by atoms with Crippen molar-refractivity contribution in [1.82, 2.24) is 0 Å². The van der Waals surface area contributed by atoms with Gasteiger partial charge in [0, 0.05) is 11.6 Å². The minimum Gasteiger partial charge on any atom is -0.496 e. The first-order chi connectivity index (χ1) is 9.11. The molecule has 1 aromatic rings. The summed E-state index contributed by atoms with van der Waals surface area (Å²) < 4.78 is 5.38. The van der Waals surface area contributed by atoms with Crippen LogP contribution in [0.4, 0.5) is 0 Å². The van der Waals surface area contributed by atoms with E-state index in [4.69, 9.17) is 15.6 Å². The van der Waals surface area contributed by atoms with Crippen molar-refractivity contribution in [3.05, 3.63) is 28.8 Å². The molecule has 0 saturated carbocycles. The third-order valence-corrected chi connectivity index (χ3v) is 3.74. The van der Waals surface area contributed by atoms with E-state index in [2.05, 4.69) is 0 Å². The quantitative estimate of drug-likeness (QED) is 0.818. The summed E-state index contributed by atoms with van der Waals surface area (Å²) in [7, 11) is 1.61. The highest BCUT2D eigenvalue weighted by atomic mass is 16.5. The molecule has 0 amide bonds. The fourth-order valence-corrected chi connectivity index (χ4v) is 2.72. The number of carboxylic acid groups (broad SMARTS) is 1. The van der Waals surface area contributed by atoms with E-state index >= 15 is 0 Å². The van der Waals surface area contributed by atoms with Crippen LogP contribution in [0.1, 0.15) is 48.4 Å². The number of ether oxygens (including phenoxy) is 1. The number of benzene rings is 1. The first kappa shape index (κ1) is 13.9. The highest BCUT2D eigenvalue weighted by molar-refractivity contribution is 5.68. The van der Waals surface area contributed by atoms with Gasteiger partial charge >= 0.3 is 5.97 Å². The van der Waals surface area contributed by atoms with Gasteiger partial charge in [-0.1, -0.05) is 12.5 Å². The largest absolute Gasteiger partial charge is 0.496 e. The smallest absolute Gasteiger partial charge is 0.305 e. The number of carboxylic acids is 1. The summed E-state index contributed by atoms with van der Waals surface area (Å²) in [5.41, 5.74) is 9.41. The number of aliphatic carboxylic acids is 1. The number of fused-ring (bicyclic) bond motifs is 1. The Hall–Kier alpha value is -1.55. The minimum atomic E-state index is -0.885. The van der Waals surface area contributed by atoms with Gasteiger partial charge in [-0.2, -0.15) is 0 Å². The molecule has 0 aliphatic heterocycles. The molecule has 1 aliphatic rings. The Labute approximate surface area is 113 Å². The fourth-order valence-electron chi connectivity index (χ4n) is 2.72. The van der Waals surface area contributed by atoms with Crippen molar-refractivity contribution in [3.8, 4) is 5.75 Å². The van der Waals surface area contributed by atoms with E-state index in [1.54, 1.807) is 7.11 Å². The van der Waals surface area contributed by atoms with Gasteiger partial charge in [-0.15, -0.1) is 0 Å². The van der Waals surface area contributed by atoms with Crippen LogP contribution in [0.2, 0.25) is 0 Å². The van der Waals surface area contributed by atoms with E-state index in [9.17, 15) is 4.79 Å². The Morgan fingerprint density at radius 3 is 2.53 bits per heavy atom. The van der Waals surface area contributed by atoms with Gasteiger partial charge in [-0.25, -0.2) is 0 Å². The number of methoxy groups -OCH3 is 1. The first-order valence-electron chi connectivity index (χ1n) is 6.79. The summed E-state index contributed by atoms with van der Waals surface area (Å²) in [6.07, 6.45) is 5.68. The zero-order valence-corrected chi connectivity index (χ0v) is 11.3. The van der Waals surface area contributed by atoms with E-state index < -0.39 is 12.0 Å². The fraction of sp³-hybridized carbons (Fsp3) is 0.533. The predicted octanol–water partition coefficient (Wildman–Crippen LogP) is 2.44. The molecule has 1 aliphatic carbocycles. The average Bonchev–Trinajstić information content (AvgIpc) is 2.60. The summed E-state index contributed by atoms with van der Waals surface area (Å²) in [5, 5.41) is 8.87. The molecular weight excluding hydrogens is 242 g/mol. The number of rotatable bonds is 4. The van der Waals surface area contributed by atoms with Crippen molar-refractivity contribution in [2.24, 2.45) is 5.73 Å². The van der Waals surface area contributed by atoms with Crippen LogP contribution in [-0.4, -0.2) is 18.2 Å². The lowest BCUT2D eigenvalue weighted by molar-refractivity contribution is -0.137. The number of aryl methyl sites for hydroxylation is 2. The number of hydrogen-bond acceptors (Lipinski definition) is 3. The highest BCUT2D eigenvalue weighted by Gasteiger charge is 2.19. The average molecular weight is 263 g/mol. The van der Waals surface area contributed by atoms with Crippen LogP contribution < -0.4 is 10.5 Å². The van der Waals surface area contributed by atoms with E-state index in [0.29, 0.717) is 0 Å².